The monoisotopic (exact) mass is 468 g/mol. The van der Waals surface area contributed by atoms with E-state index in [1.54, 1.807) is 42.0 Å². The van der Waals surface area contributed by atoms with Crippen LogP contribution in [0, 0.1) is 0 Å². The highest BCUT2D eigenvalue weighted by molar-refractivity contribution is 9.10. The Labute approximate surface area is 172 Å². The molecule has 0 radical (unpaired) electrons. The van der Waals surface area contributed by atoms with Crippen LogP contribution < -0.4 is 14.8 Å². The van der Waals surface area contributed by atoms with E-state index in [0.29, 0.717) is 22.8 Å². The summed E-state index contributed by atoms with van der Waals surface area (Å²) in [6.07, 6.45) is -0.939. The van der Waals surface area contributed by atoms with Crippen LogP contribution in [0.2, 0.25) is 0 Å². The number of carbonyl (C=O) groups excluding carboxylic acids is 1. The molecule has 3 aromatic rings. The zero-order valence-electron chi connectivity index (χ0n) is 14.6. The van der Waals surface area contributed by atoms with Crippen molar-refractivity contribution in [3.05, 3.63) is 50.8 Å². The maximum atomic E-state index is 12.4. The Bertz CT molecular complexity index is 941. The zero-order chi connectivity index (χ0) is 19.4. The number of amides is 1. The van der Waals surface area contributed by atoms with Crippen LogP contribution in [0.5, 0.6) is 11.5 Å². The molecule has 0 fully saturated rings. The molecule has 1 aromatic carbocycles. The lowest BCUT2D eigenvalue weighted by molar-refractivity contribution is 0.0910. The van der Waals surface area contributed by atoms with E-state index in [1.165, 1.54) is 18.4 Å². The van der Waals surface area contributed by atoms with Gasteiger partial charge in [0.1, 0.15) is 28.3 Å². The first-order valence-corrected chi connectivity index (χ1v) is 10.4. The number of methoxy groups -OCH3 is 2. The summed E-state index contributed by atoms with van der Waals surface area (Å²) in [4.78, 5) is 17.7. The number of benzene rings is 1. The van der Waals surface area contributed by atoms with Gasteiger partial charge < -0.3 is 19.9 Å². The molecule has 9 heteroatoms. The van der Waals surface area contributed by atoms with Gasteiger partial charge in [-0.2, -0.15) is 0 Å². The van der Waals surface area contributed by atoms with Crippen LogP contribution in [0.1, 0.15) is 22.2 Å². The number of hydrogen-bond donors (Lipinski definition) is 2. The number of thiophene rings is 1. The molecule has 2 aromatic heterocycles. The highest BCUT2D eigenvalue weighted by atomic mass is 79.9. The molecule has 6 nitrogen and oxygen atoms in total. The van der Waals surface area contributed by atoms with Crippen molar-refractivity contribution in [2.45, 2.75) is 6.10 Å². The summed E-state index contributed by atoms with van der Waals surface area (Å²) in [7, 11) is 3.07. The average molecular weight is 469 g/mol. The molecular formula is C18H17BrN2O4S2. The summed E-state index contributed by atoms with van der Waals surface area (Å²) >= 11 is 6.37. The van der Waals surface area contributed by atoms with Crippen LogP contribution in [0.4, 0.5) is 0 Å². The summed E-state index contributed by atoms with van der Waals surface area (Å²) in [5, 5.41) is 17.6. The smallest absolute Gasteiger partial charge is 0.270 e. The molecule has 0 aliphatic rings. The summed E-state index contributed by atoms with van der Waals surface area (Å²) in [6.45, 7) is 0.0276. The Morgan fingerprint density at radius 3 is 2.74 bits per heavy atom. The molecule has 0 bridgehead atoms. The molecule has 0 aliphatic heterocycles. The normalized spacial score (nSPS) is 11.9. The SMILES string of the molecule is COc1ccc(OC)c(C(O)CNC(=O)c2csc(-c3cc(Br)cs3)n2)c1. The van der Waals surface area contributed by atoms with Crippen LogP contribution in [0.25, 0.3) is 9.88 Å². The second-order valence-corrected chi connectivity index (χ2v) is 8.19. The van der Waals surface area contributed by atoms with Gasteiger partial charge >= 0.3 is 0 Å². The Kier molecular flexibility index (Phi) is 6.48. The highest BCUT2D eigenvalue weighted by Gasteiger charge is 2.18. The molecule has 2 N–H and O–H groups in total. The fraction of sp³-hybridized carbons (Fsp3) is 0.222. The largest absolute Gasteiger partial charge is 0.497 e. The number of nitrogens with one attached hydrogen (secondary N) is 1. The van der Waals surface area contributed by atoms with E-state index < -0.39 is 6.10 Å². The lowest BCUT2D eigenvalue weighted by Gasteiger charge is -2.16. The third-order valence-corrected chi connectivity index (χ3v) is 6.47. The molecule has 142 valence electrons. The van der Waals surface area contributed by atoms with Crippen LogP contribution in [-0.4, -0.2) is 36.8 Å². The molecular weight excluding hydrogens is 452 g/mol. The second kappa shape index (κ2) is 8.83. The molecule has 3 rings (SSSR count). The van der Waals surface area contributed by atoms with E-state index in [2.05, 4.69) is 26.2 Å². The van der Waals surface area contributed by atoms with Crippen molar-refractivity contribution >= 4 is 44.5 Å². The number of thiazole rings is 1. The van der Waals surface area contributed by atoms with Crippen LogP contribution >= 0.6 is 38.6 Å². The van der Waals surface area contributed by atoms with Crippen LogP contribution in [-0.2, 0) is 0 Å². The van der Waals surface area contributed by atoms with Gasteiger partial charge in [-0.05, 0) is 40.2 Å². The van der Waals surface area contributed by atoms with E-state index in [4.69, 9.17) is 9.47 Å². The van der Waals surface area contributed by atoms with E-state index in [9.17, 15) is 9.90 Å². The Hall–Kier alpha value is -1.94. The lowest BCUT2D eigenvalue weighted by atomic mass is 10.1. The number of nitrogens with zero attached hydrogens (tertiary/aromatic N) is 1. The number of aliphatic hydroxyl groups is 1. The topological polar surface area (TPSA) is 80.7 Å². The standard InChI is InChI=1S/C18H17BrN2O4S2/c1-24-11-3-4-15(25-2)12(6-11)14(22)7-20-17(23)13-9-27-18(21-13)16-5-10(19)8-26-16/h3-6,8-9,14,22H,7H2,1-2H3,(H,20,23). The van der Waals surface area contributed by atoms with E-state index in [-0.39, 0.29) is 12.5 Å². The van der Waals surface area contributed by atoms with E-state index in [0.717, 1.165) is 14.4 Å². The number of carbonyl (C=O) groups is 1. The second-order valence-electron chi connectivity index (χ2n) is 5.50. The molecule has 0 aliphatic carbocycles. The summed E-state index contributed by atoms with van der Waals surface area (Å²) in [5.41, 5.74) is 0.865. The minimum atomic E-state index is -0.939. The van der Waals surface area contributed by atoms with Crippen molar-refractivity contribution < 1.29 is 19.4 Å². The van der Waals surface area contributed by atoms with Crippen molar-refractivity contribution in [2.75, 3.05) is 20.8 Å². The minimum Gasteiger partial charge on any atom is -0.497 e. The van der Waals surface area contributed by atoms with Gasteiger partial charge in [0.05, 0.1) is 19.1 Å². The van der Waals surface area contributed by atoms with E-state index >= 15 is 0 Å². The number of halogens is 1. The molecule has 1 unspecified atom stereocenters. The Balaban J connectivity index is 1.66. The fourth-order valence-corrected chi connectivity index (χ4v) is 4.71. The van der Waals surface area contributed by atoms with Crippen LogP contribution in [0.15, 0.2) is 39.5 Å². The Morgan fingerprint density at radius 1 is 1.26 bits per heavy atom. The third kappa shape index (κ3) is 4.67. The van der Waals surface area contributed by atoms with Crippen molar-refractivity contribution in [2.24, 2.45) is 0 Å². The summed E-state index contributed by atoms with van der Waals surface area (Å²) in [6, 6.07) is 7.10. The minimum absolute atomic E-state index is 0.0276. The van der Waals surface area contributed by atoms with Gasteiger partial charge in [-0.15, -0.1) is 22.7 Å². The van der Waals surface area contributed by atoms with Gasteiger partial charge in [0.15, 0.2) is 0 Å². The van der Waals surface area contributed by atoms with Crippen molar-refractivity contribution in [1.82, 2.24) is 10.3 Å². The van der Waals surface area contributed by atoms with Gasteiger partial charge in [0, 0.05) is 27.3 Å². The first kappa shape index (κ1) is 19.8. The maximum Gasteiger partial charge on any atom is 0.270 e. The highest BCUT2D eigenvalue weighted by Crippen LogP contribution is 2.32. The third-order valence-electron chi connectivity index (χ3n) is 3.77. The van der Waals surface area contributed by atoms with Crippen molar-refractivity contribution in [3.63, 3.8) is 0 Å². The number of rotatable bonds is 7. The van der Waals surface area contributed by atoms with E-state index in [1.807, 2.05) is 11.4 Å². The number of ether oxygens (including phenoxy) is 2. The number of aliphatic hydroxyl groups excluding tert-OH is 1. The molecule has 2 heterocycles. The zero-order valence-corrected chi connectivity index (χ0v) is 17.8. The summed E-state index contributed by atoms with van der Waals surface area (Å²) in [5.74, 6) is 0.785. The molecule has 1 atom stereocenters. The first-order chi connectivity index (χ1) is 13.0. The first-order valence-electron chi connectivity index (χ1n) is 7.90. The summed E-state index contributed by atoms with van der Waals surface area (Å²) < 4.78 is 11.4. The van der Waals surface area contributed by atoms with Gasteiger partial charge in [-0.25, -0.2) is 4.98 Å². The molecule has 0 saturated heterocycles. The molecule has 0 spiro atoms. The molecule has 27 heavy (non-hydrogen) atoms. The maximum absolute atomic E-state index is 12.4. The Morgan fingerprint density at radius 2 is 2.07 bits per heavy atom. The predicted octanol–water partition coefficient (Wildman–Crippen LogP) is 4.11. The molecule has 1 amide bonds. The fourth-order valence-electron chi connectivity index (χ4n) is 2.41. The average Bonchev–Trinajstić information content (AvgIpc) is 3.34. The van der Waals surface area contributed by atoms with Gasteiger partial charge in [-0.3, -0.25) is 4.79 Å². The van der Waals surface area contributed by atoms with Crippen molar-refractivity contribution in [1.29, 1.82) is 0 Å². The number of hydrogen-bond acceptors (Lipinski definition) is 7. The lowest BCUT2D eigenvalue weighted by Crippen LogP contribution is -2.28. The quantitative estimate of drug-likeness (QED) is 0.545. The van der Waals surface area contributed by atoms with Gasteiger partial charge in [-0.1, -0.05) is 0 Å². The van der Waals surface area contributed by atoms with Crippen molar-refractivity contribution in [3.8, 4) is 21.4 Å². The van der Waals surface area contributed by atoms with Crippen LogP contribution in [0.3, 0.4) is 0 Å². The van der Waals surface area contributed by atoms with Gasteiger partial charge in [0.25, 0.3) is 5.91 Å². The number of aromatic nitrogens is 1. The predicted molar refractivity (Wildman–Crippen MR) is 110 cm³/mol. The molecule has 0 saturated carbocycles. The van der Waals surface area contributed by atoms with Gasteiger partial charge in [0.2, 0.25) is 0 Å².